The van der Waals surface area contributed by atoms with Gasteiger partial charge in [0, 0.05) is 30.9 Å². The maximum Gasteiger partial charge on any atom is 0.140 e. The molecule has 3 rings (SSSR count). The quantitative estimate of drug-likeness (QED) is 0.773. The zero-order valence-corrected chi connectivity index (χ0v) is 11.8. The molecule has 4 heteroatoms. The summed E-state index contributed by atoms with van der Waals surface area (Å²) in [5.74, 6) is 1.05. The van der Waals surface area contributed by atoms with Crippen molar-refractivity contribution in [1.82, 2.24) is 4.98 Å². The van der Waals surface area contributed by atoms with Crippen molar-refractivity contribution >= 4 is 22.3 Å². The number of aromatic hydroxyl groups is 1. The molecule has 0 unspecified atom stereocenters. The van der Waals surface area contributed by atoms with Crippen LogP contribution in [0.4, 0.5) is 11.5 Å². The van der Waals surface area contributed by atoms with Crippen LogP contribution < -0.4 is 10.6 Å². The standard InChI is InChI=1S/C17H17N3O/c1-20(14-5-2-12(11-18)3-6-14)17-16-10-15(21)7-4-13(16)8-9-19-17/h2-10,21H,11,18H2,1H3. The number of hydrogen-bond acceptors (Lipinski definition) is 4. The van der Waals surface area contributed by atoms with Crippen LogP contribution in [-0.4, -0.2) is 17.1 Å². The van der Waals surface area contributed by atoms with Crippen LogP contribution in [0.15, 0.2) is 54.7 Å². The molecule has 2 aromatic carbocycles. The summed E-state index contributed by atoms with van der Waals surface area (Å²) in [4.78, 5) is 6.46. The van der Waals surface area contributed by atoms with Gasteiger partial charge in [0.15, 0.2) is 0 Å². The maximum atomic E-state index is 9.72. The molecule has 3 N–H and O–H groups in total. The number of hydrogen-bond donors (Lipinski definition) is 2. The molecule has 4 nitrogen and oxygen atoms in total. The number of rotatable bonds is 3. The van der Waals surface area contributed by atoms with Crippen molar-refractivity contribution in [3.05, 3.63) is 60.3 Å². The van der Waals surface area contributed by atoms with Gasteiger partial charge in [0.2, 0.25) is 0 Å². The number of pyridine rings is 1. The molecule has 0 bridgehead atoms. The van der Waals surface area contributed by atoms with E-state index in [4.69, 9.17) is 5.73 Å². The first-order valence-electron chi connectivity index (χ1n) is 6.79. The van der Waals surface area contributed by atoms with Crippen LogP contribution in [0.25, 0.3) is 10.8 Å². The van der Waals surface area contributed by atoms with Crippen LogP contribution in [0, 0.1) is 0 Å². The highest BCUT2D eigenvalue weighted by Gasteiger charge is 2.10. The summed E-state index contributed by atoms with van der Waals surface area (Å²) in [5.41, 5.74) is 7.74. The van der Waals surface area contributed by atoms with E-state index in [1.54, 1.807) is 18.3 Å². The van der Waals surface area contributed by atoms with Crippen molar-refractivity contribution < 1.29 is 5.11 Å². The number of phenolic OH excluding ortho intramolecular Hbond substituents is 1. The Hall–Kier alpha value is -2.59. The molecule has 0 fully saturated rings. The van der Waals surface area contributed by atoms with E-state index in [1.807, 2.05) is 48.3 Å². The summed E-state index contributed by atoms with van der Waals surface area (Å²) in [5, 5.41) is 11.7. The van der Waals surface area contributed by atoms with E-state index in [0.29, 0.717) is 6.54 Å². The second kappa shape index (κ2) is 5.42. The van der Waals surface area contributed by atoms with Crippen LogP contribution in [0.5, 0.6) is 5.75 Å². The summed E-state index contributed by atoms with van der Waals surface area (Å²) in [6, 6.07) is 15.3. The molecule has 106 valence electrons. The average Bonchev–Trinajstić information content (AvgIpc) is 2.53. The van der Waals surface area contributed by atoms with Crippen LogP contribution >= 0.6 is 0 Å². The van der Waals surface area contributed by atoms with Crippen LogP contribution in [0.2, 0.25) is 0 Å². The highest BCUT2D eigenvalue weighted by molar-refractivity contribution is 5.94. The third-order valence-corrected chi connectivity index (χ3v) is 3.61. The fraction of sp³-hybridized carbons (Fsp3) is 0.118. The van der Waals surface area contributed by atoms with Crippen molar-refractivity contribution in [2.24, 2.45) is 5.73 Å². The van der Waals surface area contributed by atoms with E-state index in [2.05, 4.69) is 4.98 Å². The Morgan fingerprint density at radius 1 is 1.10 bits per heavy atom. The van der Waals surface area contributed by atoms with Crippen molar-refractivity contribution in [2.75, 3.05) is 11.9 Å². The molecule has 0 spiro atoms. The van der Waals surface area contributed by atoms with Gasteiger partial charge in [-0.3, -0.25) is 0 Å². The lowest BCUT2D eigenvalue weighted by Crippen LogP contribution is -2.11. The molecule has 3 aromatic rings. The number of benzene rings is 2. The normalized spacial score (nSPS) is 10.8. The second-order valence-corrected chi connectivity index (χ2v) is 4.97. The van der Waals surface area contributed by atoms with Gasteiger partial charge in [0.05, 0.1) is 0 Å². The third-order valence-electron chi connectivity index (χ3n) is 3.61. The lowest BCUT2D eigenvalue weighted by Gasteiger charge is -2.20. The number of phenols is 1. The van der Waals surface area contributed by atoms with Crippen LogP contribution in [-0.2, 0) is 6.54 Å². The van der Waals surface area contributed by atoms with Crippen molar-refractivity contribution in [3.63, 3.8) is 0 Å². The lowest BCUT2D eigenvalue weighted by atomic mass is 10.1. The number of nitrogens with zero attached hydrogens (tertiary/aromatic N) is 2. The Balaban J connectivity index is 2.08. The zero-order valence-electron chi connectivity index (χ0n) is 11.8. The fourth-order valence-corrected chi connectivity index (χ4v) is 2.39. The summed E-state index contributed by atoms with van der Waals surface area (Å²) < 4.78 is 0. The highest BCUT2D eigenvalue weighted by Crippen LogP contribution is 2.31. The average molecular weight is 279 g/mol. The molecule has 1 aromatic heterocycles. The Morgan fingerprint density at radius 3 is 2.57 bits per heavy atom. The Labute approximate surface area is 123 Å². The first-order valence-corrected chi connectivity index (χ1v) is 6.79. The molecule has 0 amide bonds. The summed E-state index contributed by atoms with van der Waals surface area (Å²) >= 11 is 0. The number of anilines is 2. The van der Waals surface area contributed by atoms with Gasteiger partial charge in [-0.05, 0) is 41.3 Å². The van der Waals surface area contributed by atoms with Gasteiger partial charge in [0.25, 0.3) is 0 Å². The Morgan fingerprint density at radius 2 is 1.86 bits per heavy atom. The van der Waals surface area contributed by atoms with Crippen molar-refractivity contribution in [3.8, 4) is 5.75 Å². The molecule has 1 heterocycles. The Bertz CT molecular complexity index is 769. The van der Waals surface area contributed by atoms with E-state index in [0.717, 1.165) is 27.8 Å². The van der Waals surface area contributed by atoms with Gasteiger partial charge in [-0.2, -0.15) is 0 Å². The molecule has 0 atom stereocenters. The first-order chi connectivity index (χ1) is 10.2. The molecule has 21 heavy (non-hydrogen) atoms. The van der Waals surface area contributed by atoms with E-state index >= 15 is 0 Å². The van der Waals surface area contributed by atoms with Crippen molar-refractivity contribution in [2.45, 2.75) is 6.54 Å². The number of aromatic nitrogens is 1. The van der Waals surface area contributed by atoms with Gasteiger partial charge in [-0.25, -0.2) is 4.98 Å². The topological polar surface area (TPSA) is 62.4 Å². The lowest BCUT2D eigenvalue weighted by molar-refractivity contribution is 0.476. The molecule has 0 saturated carbocycles. The molecular formula is C17H17N3O. The second-order valence-electron chi connectivity index (χ2n) is 4.97. The minimum atomic E-state index is 0.239. The van der Waals surface area contributed by atoms with Crippen molar-refractivity contribution in [1.29, 1.82) is 0 Å². The summed E-state index contributed by atoms with van der Waals surface area (Å²) in [6.07, 6.45) is 1.78. The van der Waals surface area contributed by atoms with Gasteiger partial charge < -0.3 is 15.7 Å². The molecule has 0 radical (unpaired) electrons. The van der Waals surface area contributed by atoms with E-state index in [-0.39, 0.29) is 5.75 Å². The zero-order chi connectivity index (χ0) is 14.8. The smallest absolute Gasteiger partial charge is 0.140 e. The van der Waals surface area contributed by atoms with E-state index in [9.17, 15) is 5.11 Å². The van der Waals surface area contributed by atoms with Gasteiger partial charge in [0.1, 0.15) is 11.6 Å². The van der Waals surface area contributed by atoms with Gasteiger partial charge >= 0.3 is 0 Å². The minimum Gasteiger partial charge on any atom is -0.508 e. The molecular weight excluding hydrogens is 262 g/mol. The predicted octanol–water partition coefficient (Wildman–Crippen LogP) is 3.17. The summed E-state index contributed by atoms with van der Waals surface area (Å²) in [7, 11) is 1.96. The third kappa shape index (κ3) is 2.53. The molecule has 0 aliphatic heterocycles. The predicted molar refractivity (Wildman–Crippen MR) is 85.8 cm³/mol. The molecule has 0 aliphatic rings. The summed E-state index contributed by atoms with van der Waals surface area (Å²) in [6.45, 7) is 0.532. The highest BCUT2D eigenvalue weighted by atomic mass is 16.3. The fourth-order valence-electron chi connectivity index (χ4n) is 2.39. The minimum absolute atomic E-state index is 0.239. The van der Waals surface area contributed by atoms with E-state index < -0.39 is 0 Å². The van der Waals surface area contributed by atoms with E-state index in [1.165, 1.54) is 0 Å². The van der Waals surface area contributed by atoms with Crippen LogP contribution in [0.1, 0.15) is 5.56 Å². The van der Waals surface area contributed by atoms with Gasteiger partial charge in [-0.15, -0.1) is 0 Å². The molecule has 0 saturated heterocycles. The number of nitrogens with two attached hydrogens (primary N) is 1. The Kier molecular flexibility index (Phi) is 3.46. The monoisotopic (exact) mass is 279 g/mol. The molecule has 0 aliphatic carbocycles. The van der Waals surface area contributed by atoms with Gasteiger partial charge in [-0.1, -0.05) is 18.2 Å². The number of fused-ring (bicyclic) bond motifs is 1. The SMILES string of the molecule is CN(c1ccc(CN)cc1)c1nccc2ccc(O)cc12. The largest absolute Gasteiger partial charge is 0.508 e. The van der Waals surface area contributed by atoms with Crippen LogP contribution in [0.3, 0.4) is 0 Å². The first kappa shape index (κ1) is 13.4. The maximum absolute atomic E-state index is 9.72.